The summed E-state index contributed by atoms with van der Waals surface area (Å²) in [5.41, 5.74) is 0.726. The molecule has 2 N–H and O–H groups in total. The summed E-state index contributed by atoms with van der Waals surface area (Å²) >= 11 is 6.30. The fraction of sp³-hybridized carbons (Fsp3) is 0.677. The molecule has 10 nitrogen and oxygen atoms in total. The first kappa shape index (κ1) is 29.7. The molecule has 11 heteroatoms. The minimum Gasteiger partial charge on any atom is -0.483 e. The van der Waals surface area contributed by atoms with Crippen LogP contribution in [0.4, 0.5) is 5.69 Å². The number of ether oxygens (including phenoxy) is 2. The average molecular weight is 598 g/mol. The number of piperazine rings is 1. The molecule has 3 saturated heterocycles. The number of amides is 1. The molecule has 7 atom stereocenters. The minimum absolute atomic E-state index is 0.0643. The van der Waals surface area contributed by atoms with Crippen LogP contribution in [-0.2, 0) is 9.53 Å². The number of carbonyl (C=O) groups is 1. The Bertz CT molecular complexity index is 1210. The van der Waals surface area contributed by atoms with Crippen molar-refractivity contribution in [2.24, 2.45) is 5.92 Å². The number of nitriles is 1. The molecule has 1 spiro atoms. The highest BCUT2D eigenvalue weighted by Gasteiger charge is 2.52. The second-order valence-corrected chi connectivity index (χ2v) is 13.2. The highest BCUT2D eigenvalue weighted by Crippen LogP contribution is 2.46. The van der Waals surface area contributed by atoms with E-state index in [9.17, 15) is 10.1 Å². The van der Waals surface area contributed by atoms with E-state index in [-0.39, 0.29) is 36.1 Å². The SMILES string of the molecule is C=CC(=O)N1CCN(C2NC(OCC3CCCN3C)NC3C[C@]4(CCC32)CN(C)c2cc(Cl)ccc2O4)CC1CC#N. The molecule has 4 fully saturated rings. The molecular formula is C31H44ClN7O3. The molecule has 1 aliphatic carbocycles. The van der Waals surface area contributed by atoms with E-state index in [4.69, 9.17) is 21.1 Å². The molecule has 1 amide bonds. The van der Waals surface area contributed by atoms with E-state index >= 15 is 0 Å². The first-order chi connectivity index (χ1) is 20.3. The standard InChI is InChI=1S/C31H44ClN7O3/c1-4-28(40)39-15-14-38(18-22(39)10-12-33)29-24-9-11-31(20-37(3)26-16-21(32)7-8-27(26)42-31)17-25(24)34-30(35-29)41-19-23-6-5-13-36(23)2/h4,7-8,16,22-25,29-30,34-35H,1,5-6,9-11,13-15,17-20H2,2-3H3/t22?,23?,24?,25?,29?,30?,31-/m1/s1. The van der Waals surface area contributed by atoms with Gasteiger partial charge >= 0.3 is 0 Å². The summed E-state index contributed by atoms with van der Waals surface area (Å²) in [4.78, 5) is 21.5. The fourth-order valence-corrected chi connectivity index (χ4v) is 8.12. The third kappa shape index (κ3) is 5.88. The molecule has 6 rings (SSSR count). The summed E-state index contributed by atoms with van der Waals surface area (Å²) in [7, 11) is 4.29. The summed E-state index contributed by atoms with van der Waals surface area (Å²) in [5.74, 6) is 1.11. The van der Waals surface area contributed by atoms with Crippen molar-refractivity contribution in [1.29, 1.82) is 5.26 Å². The maximum Gasteiger partial charge on any atom is 0.246 e. The van der Waals surface area contributed by atoms with Gasteiger partial charge in [-0.1, -0.05) is 18.2 Å². The van der Waals surface area contributed by atoms with Crippen LogP contribution in [0.25, 0.3) is 0 Å². The van der Waals surface area contributed by atoms with Crippen LogP contribution in [0.1, 0.15) is 38.5 Å². The lowest BCUT2D eigenvalue weighted by Gasteiger charge is -2.56. The number of rotatable bonds is 6. The molecule has 0 bridgehead atoms. The summed E-state index contributed by atoms with van der Waals surface area (Å²) < 4.78 is 13.3. The maximum atomic E-state index is 12.6. The van der Waals surface area contributed by atoms with Crippen molar-refractivity contribution in [3.63, 3.8) is 0 Å². The van der Waals surface area contributed by atoms with Gasteiger partial charge in [0.05, 0.1) is 43.5 Å². The van der Waals surface area contributed by atoms with E-state index in [2.05, 4.69) is 52.1 Å². The van der Waals surface area contributed by atoms with Gasteiger partial charge in [-0.2, -0.15) is 5.26 Å². The quantitative estimate of drug-likeness (QED) is 0.480. The van der Waals surface area contributed by atoms with E-state index in [0.717, 1.165) is 56.8 Å². The van der Waals surface area contributed by atoms with Gasteiger partial charge in [-0.15, -0.1) is 0 Å². The molecular weight excluding hydrogens is 554 g/mol. The van der Waals surface area contributed by atoms with E-state index in [1.54, 1.807) is 4.90 Å². The Balaban J connectivity index is 1.22. The van der Waals surface area contributed by atoms with Crippen molar-refractivity contribution in [1.82, 2.24) is 25.3 Å². The van der Waals surface area contributed by atoms with Crippen LogP contribution >= 0.6 is 11.6 Å². The number of halogens is 1. The Morgan fingerprint density at radius 2 is 2.12 bits per heavy atom. The van der Waals surface area contributed by atoms with Crippen molar-refractivity contribution in [3.05, 3.63) is 35.9 Å². The second-order valence-electron chi connectivity index (χ2n) is 12.8. The second kappa shape index (κ2) is 12.3. The normalized spacial score (nSPS) is 35.3. The van der Waals surface area contributed by atoms with Crippen molar-refractivity contribution in [2.75, 3.05) is 58.3 Å². The summed E-state index contributed by atoms with van der Waals surface area (Å²) in [5, 5.41) is 17.9. The number of nitrogens with zero attached hydrogens (tertiary/aromatic N) is 5. The number of nitrogens with one attached hydrogen (secondary N) is 2. The van der Waals surface area contributed by atoms with Crippen LogP contribution in [0.2, 0.25) is 5.02 Å². The average Bonchev–Trinajstić information content (AvgIpc) is 3.40. The third-order valence-electron chi connectivity index (χ3n) is 10.1. The molecule has 42 heavy (non-hydrogen) atoms. The lowest BCUT2D eigenvalue weighted by atomic mass is 9.72. The summed E-state index contributed by atoms with van der Waals surface area (Å²) in [6, 6.07) is 8.61. The van der Waals surface area contributed by atoms with Gasteiger partial charge in [0.1, 0.15) is 11.4 Å². The number of carbonyl (C=O) groups excluding carboxylic acids is 1. The van der Waals surface area contributed by atoms with Gasteiger partial charge in [-0.25, -0.2) is 0 Å². The Morgan fingerprint density at radius 3 is 2.88 bits per heavy atom. The van der Waals surface area contributed by atoms with Gasteiger partial charge in [0.25, 0.3) is 0 Å². The molecule has 228 valence electrons. The molecule has 4 aliphatic heterocycles. The Hall–Kier alpha value is -2.39. The van der Waals surface area contributed by atoms with Crippen molar-refractivity contribution in [2.45, 2.75) is 74.8 Å². The van der Waals surface area contributed by atoms with Crippen molar-refractivity contribution < 1.29 is 14.3 Å². The zero-order chi connectivity index (χ0) is 29.4. The number of likely N-dealkylation sites (tertiary alicyclic amines) is 1. The molecule has 1 aromatic rings. The monoisotopic (exact) mass is 597 g/mol. The third-order valence-corrected chi connectivity index (χ3v) is 10.4. The van der Waals surface area contributed by atoms with Crippen LogP contribution in [0.15, 0.2) is 30.9 Å². The highest BCUT2D eigenvalue weighted by atomic mass is 35.5. The van der Waals surface area contributed by atoms with Gasteiger partial charge in [-0.3, -0.25) is 20.3 Å². The molecule has 1 aromatic carbocycles. The predicted octanol–water partition coefficient (Wildman–Crippen LogP) is 2.60. The zero-order valence-corrected chi connectivity index (χ0v) is 25.6. The highest BCUT2D eigenvalue weighted by molar-refractivity contribution is 6.31. The first-order valence-corrected chi connectivity index (χ1v) is 15.7. The maximum absolute atomic E-state index is 12.6. The number of hydrogen-bond acceptors (Lipinski definition) is 9. The largest absolute Gasteiger partial charge is 0.483 e. The van der Waals surface area contributed by atoms with Crippen molar-refractivity contribution >= 4 is 23.2 Å². The summed E-state index contributed by atoms with van der Waals surface area (Å²) in [6.45, 7) is 8.22. The fourth-order valence-electron chi connectivity index (χ4n) is 7.95. The zero-order valence-electron chi connectivity index (χ0n) is 24.8. The number of anilines is 1. The van der Waals surface area contributed by atoms with Crippen LogP contribution in [0.3, 0.4) is 0 Å². The Morgan fingerprint density at radius 1 is 1.26 bits per heavy atom. The number of likely N-dealkylation sites (N-methyl/N-ethyl adjacent to an activating group) is 2. The smallest absolute Gasteiger partial charge is 0.246 e. The number of fused-ring (bicyclic) bond motifs is 2. The van der Waals surface area contributed by atoms with Gasteiger partial charge in [0.15, 0.2) is 6.35 Å². The number of hydrogen-bond donors (Lipinski definition) is 2. The van der Waals surface area contributed by atoms with Gasteiger partial charge in [0, 0.05) is 56.1 Å². The number of benzene rings is 1. The molecule has 5 aliphatic rings. The topological polar surface area (TPSA) is 96.3 Å². The van der Waals surface area contributed by atoms with Crippen LogP contribution in [-0.4, -0.2) is 110 Å². The first-order valence-electron chi connectivity index (χ1n) is 15.4. The van der Waals surface area contributed by atoms with Crippen LogP contribution in [0.5, 0.6) is 5.75 Å². The molecule has 0 aromatic heterocycles. The van der Waals surface area contributed by atoms with Gasteiger partial charge in [0.2, 0.25) is 5.91 Å². The Kier molecular flexibility index (Phi) is 8.70. The Labute approximate surface area is 254 Å². The van der Waals surface area contributed by atoms with E-state index in [1.165, 1.54) is 12.5 Å². The van der Waals surface area contributed by atoms with Crippen LogP contribution in [0, 0.1) is 17.2 Å². The van der Waals surface area contributed by atoms with E-state index in [1.807, 2.05) is 18.2 Å². The van der Waals surface area contributed by atoms with Gasteiger partial charge < -0.3 is 24.2 Å². The lowest BCUT2D eigenvalue weighted by Crippen LogP contribution is -2.73. The molecule has 0 radical (unpaired) electrons. The molecule has 1 saturated carbocycles. The molecule has 6 unspecified atom stereocenters. The van der Waals surface area contributed by atoms with E-state index in [0.29, 0.717) is 43.1 Å². The molecule has 4 heterocycles. The van der Waals surface area contributed by atoms with Crippen LogP contribution < -0.4 is 20.3 Å². The minimum atomic E-state index is -0.305. The van der Waals surface area contributed by atoms with Crippen molar-refractivity contribution in [3.8, 4) is 11.8 Å². The van der Waals surface area contributed by atoms with Gasteiger partial charge in [-0.05, 0) is 63.6 Å². The van der Waals surface area contributed by atoms with E-state index < -0.39 is 0 Å². The summed E-state index contributed by atoms with van der Waals surface area (Å²) in [6.07, 6.45) is 6.57. The lowest BCUT2D eigenvalue weighted by molar-refractivity contribution is -0.139. The predicted molar refractivity (Wildman–Crippen MR) is 162 cm³/mol.